The zero-order valence-corrected chi connectivity index (χ0v) is 11.9. The Kier molecular flexibility index (Phi) is 6.47. The fraction of sp³-hybridized carbons (Fsp3) is 0.929. The largest absolute Gasteiger partial charge is 0.395 e. The van der Waals surface area contributed by atoms with Crippen LogP contribution in [-0.4, -0.2) is 42.3 Å². The Morgan fingerprint density at radius 1 is 1.28 bits per heavy atom. The van der Waals surface area contributed by atoms with Gasteiger partial charge in [0.15, 0.2) is 0 Å². The summed E-state index contributed by atoms with van der Waals surface area (Å²) in [4.78, 5) is 13.7. The van der Waals surface area contributed by atoms with Crippen LogP contribution in [0.25, 0.3) is 0 Å². The van der Waals surface area contributed by atoms with Crippen LogP contribution < -0.4 is 5.32 Å². The van der Waals surface area contributed by atoms with E-state index in [0.717, 1.165) is 19.4 Å². The Balaban J connectivity index is 2.42. The Labute approximate surface area is 111 Å². The third-order valence-electron chi connectivity index (χ3n) is 4.18. The number of amides is 2. The molecule has 0 aromatic heterocycles. The molecule has 4 nitrogen and oxygen atoms in total. The molecule has 0 aliphatic heterocycles. The molecule has 0 unspecified atom stereocenters. The second kappa shape index (κ2) is 7.62. The van der Waals surface area contributed by atoms with E-state index in [0.29, 0.717) is 18.5 Å². The van der Waals surface area contributed by atoms with Gasteiger partial charge in [-0.05, 0) is 31.1 Å². The Morgan fingerprint density at radius 3 is 2.44 bits per heavy atom. The maximum absolute atomic E-state index is 12.0. The van der Waals surface area contributed by atoms with Crippen molar-refractivity contribution in [2.75, 3.05) is 26.2 Å². The van der Waals surface area contributed by atoms with E-state index in [1.165, 1.54) is 25.7 Å². The van der Waals surface area contributed by atoms with Crippen LogP contribution in [0.5, 0.6) is 0 Å². The molecule has 0 radical (unpaired) electrons. The van der Waals surface area contributed by atoms with Crippen molar-refractivity contribution in [2.45, 2.75) is 52.4 Å². The van der Waals surface area contributed by atoms with E-state index in [4.69, 9.17) is 5.11 Å². The van der Waals surface area contributed by atoms with Crippen molar-refractivity contribution in [1.82, 2.24) is 10.2 Å². The summed E-state index contributed by atoms with van der Waals surface area (Å²) < 4.78 is 0. The third kappa shape index (κ3) is 4.16. The van der Waals surface area contributed by atoms with Crippen molar-refractivity contribution >= 4 is 6.03 Å². The molecule has 1 rings (SSSR count). The molecule has 18 heavy (non-hydrogen) atoms. The van der Waals surface area contributed by atoms with Crippen molar-refractivity contribution in [1.29, 1.82) is 0 Å². The molecule has 0 spiro atoms. The first-order chi connectivity index (χ1) is 8.67. The fourth-order valence-electron chi connectivity index (χ4n) is 2.86. The van der Waals surface area contributed by atoms with Gasteiger partial charge in [-0.15, -0.1) is 0 Å². The first-order valence-corrected chi connectivity index (χ1v) is 7.31. The second-order valence-corrected chi connectivity index (χ2v) is 5.43. The van der Waals surface area contributed by atoms with Gasteiger partial charge in [0, 0.05) is 19.6 Å². The van der Waals surface area contributed by atoms with Crippen LogP contribution in [0.1, 0.15) is 52.4 Å². The number of nitrogens with zero attached hydrogens (tertiary/aromatic N) is 1. The van der Waals surface area contributed by atoms with Gasteiger partial charge in [0.05, 0.1) is 6.61 Å². The molecule has 0 aromatic carbocycles. The van der Waals surface area contributed by atoms with Crippen molar-refractivity contribution in [3.63, 3.8) is 0 Å². The van der Waals surface area contributed by atoms with Crippen LogP contribution in [0.3, 0.4) is 0 Å². The summed E-state index contributed by atoms with van der Waals surface area (Å²) in [5, 5.41) is 12.0. The van der Waals surface area contributed by atoms with Gasteiger partial charge in [-0.2, -0.15) is 0 Å². The smallest absolute Gasteiger partial charge is 0.317 e. The fourth-order valence-corrected chi connectivity index (χ4v) is 2.86. The molecular formula is C14H28N2O2. The summed E-state index contributed by atoms with van der Waals surface area (Å²) in [7, 11) is 0. The lowest BCUT2D eigenvalue weighted by Crippen LogP contribution is -2.45. The topological polar surface area (TPSA) is 52.6 Å². The SMILES string of the molecule is CCCN(CCO)C(=O)NCC1(CC)CCCC1. The molecule has 0 heterocycles. The molecule has 0 saturated heterocycles. The number of aliphatic hydroxyl groups excluding tert-OH is 1. The monoisotopic (exact) mass is 256 g/mol. The van der Waals surface area contributed by atoms with Crippen molar-refractivity contribution in [3.8, 4) is 0 Å². The molecule has 2 amide bonds. The predicted molar refractivity (Wildman–Crippen MR) is 73.5 cm³/mol. The minimum absolute atomic E-state index is 0.0226. The van der Waals surface area contributed by atoms with Crippen LogP contribution >= 0.6 is 0 Å². The lowest BCUT2D eigenvalue weighted by Gasteiger charge is -2.30. The van der Waals surface area contributed by atoms with Gasteiger partial charge >= 0.3 is 6.03 Å². The van der Waals surface area contributed by atoms with Crippen molar-refractivity contribution in [3.05, 3.63) is 0 Å². The van der Waals surface area contributed by atoms with Crippen molar-refractivity contribution < 1.29 is 9.90 Å². The van der Waals surface area contributed by atoms with E-state index in [2.05, 4.69) is 12.2 Å². The molecule has 106 valence electrons. The van der Waals surface area contributed by atoms with E-state index in [9.17, 15) is 4.79 Å². The molecule has 4 heteroatoms. The summed E-state index contributed by atoms with van der Waals surface area (Å²) in [6.45, 7) is 6.22. The summed E-state index contributed by atoms with van der Waals surface area (Å²) in [6, 6.07) is -0.0226. The normalized spacial score (nSPS) is 17.7. The standard InChI is InChI=1S/C14H28N2O2/c1-3-9-16(10-11-17)13(18)15-12-14(4-2)7-5-6-8-14/h17H,3-12H2,1-2H3,(H,15,18). The van der Waals surface area contributed by atoms with Gasteiger partial charge in [-0.25, -0.2) is 4.79 Å². The molecule has 1 fully saturated rings. The second-order valence-electron chi connectivity index (χ2n) is 5.43. The molecule has 0 bridgehead atoms. The average molecular weight is 256 g/mol. The first-order valence-electron chi connectivity index (χ1n) is 7.31. The van der Waals surface area contributed by atoms with Gasteiger partial charge in [0.2, 0.25) is 0 Å². The molecule has 0 aromatic rings. The van der Waals surface area contributed by atoms with Crippen LogP contribution in [-0.2, 0) is 0 Å². The maximum atomic E-state index is 12.0. The molecule has 2 N–H and O–H groups in total. The van der Waals surface area contributed by atoms with Crippen LogP contribution in [0.4, 0.5) is 4.79 Å². The summed E-state index contributed by atoms with van der Waals surface area (Å²) in [5.74, 6) is 0. The Morgan fingerprint density at radius 2 is 1.94 bits per heavy atom. The van der Waals surface area contributed by atoms with E-state index in [-0.39, 0.29) is 12.6 Å². The highest BCUT2D eigenvalue weighted by Gasteiger charge is 2.32. The third-order valence-corrected chi connectivity index (χ3v) is 4.18. The molecule has 0 atom stereocenters. The highest BCUT2D eigenvalue weighted by Crippen LogP contribution is 2.40. The average Bonchev–Trinajstić information content (AvgIpc) is 2.85. The van der Waals surface area contributed by atoms with Crippen molar-refractivity contribution in [2.24, 2.45) is 5.41 Å². The summed E-state index contributed by atoms with van der Waals surface area (Å²) in [6.07, 6.45) is 7.11. The highest BCUT2D eigenvalue weighted by molar-refractivity contribution is 5.74. The zero-order chi connectivity index (χ0) is 13.4. The summed E-state index contributed by atoms with van der Waals surface area (Å²) >= 11 is 0. The quantitative estimate of drug-likeness (QED) is 0.735. The number of aliphatic hydroxyl groups is 1. The van der Waals surface area contributed by atoms with Gasteiger partial charge in [0.1, 0.15) is 0 Å². The lowest BCUT2D eigenvalue weighted by molar-refractivity contribution is 0.169. The zero-order valence-electron chi connectivity index (χ0n) is 11.9. The highest BCUT2D eigenvalue weighted by atomic mass is 16.3. The minimum atomic E-state index is -0.0226. The van der Waals surface area contributed by atoms with Crippen LogP contribution in [0.2, 0.25) is 0 Å². The number of carbonyl (C=O) groups excluding carboxylic acids is 1. The predicted octanol–water partition coefficient (Wildman–Crippen LogP) is 2.37. The molecule has 1 aliphatic rings. The van der Waals surface area contributed by atoms with E-state index < -0.39 is 0 Å². The maximum Gasteiger partial charge on any atom is 0.317 e. The Hall–Kier alpha value is -0.770. The first kappa shape index (κ1) is 15.3. The van der Waals surface area contributed by atoms with Crippen LogP contribution in [0.15, 0.2) is 0 Å². The van der Waals surface area contributed by atoms with E-state index in [1.54, 1.807) is 4.90 Å². The van der Waals surface area contributed by atoms with Gasteiger partial charge in [0.25, 0.3) is 0 Å². The number of rotatable bonds is 7. The van der Waals surface area contributed by atoms with Gasteiger partial charge in [-0.1, -0.05) is 26.7 Å². The number of hydrogen-bond acceptors (Lipinski definition) is 2. The van der Waals surface area contributed by atoms with E-state index in [1.807, 2.05) is 6.92 Å². The molecule has 1 saturated carbocycles. The summed E-state index contributed by atoms with van der Waals surface area (Å²) in [5.41, 5.74) is 0.326. The number of nitrogens with one attached hydrogen (secondary N) is 1. The van der Waals surface area contributed by atoms with Gasteiger partial charge < -0.3 is 15.3 Å². The number of carbonyl (C=O) groups is 1. The lowest BCUT2D eigenvalue weighted by atomic mass is 9.83. The number of hydrogen-bond donors (Lipinski definition) is 2. The van der Waals surface area contributed by atoms with Crippen LogP contribution in [0, 0.1) is 5.41 Å². The van der Waals surface area contributed by atoms with E-state index >= 15 is 0 Å². The molecular weight excluding hydrogens is 228 g/mol. The Bertz CT molecular complexity index is 244. The number of urea groups is 1. The van der Waals surface area contributed by atoms with Gasteiger partial charge in [-0.3, -0.25) is 0 Å². The minimum Gasteiger partial charge on any atom is -0.395 e. The molecule has 1 aliphatic carbocycles.